The van der Waals surface area contributed by atoms with Gasteiger partial charge < -0.3 is 5.11 Å². The van der Waals surface area contributed by atoms with E-state index < -0.39 is 0 Å². The molecule has 2 rings (SSSR count). The van der Waals surface area contributed by atoms with Gasteiger partial charge in [0.05, 0.1) is 22.7 Å². The summed E-state index contributed by atoms with van der Waals surface area (Å²) in [7, 11) is 0. The van der Waals surface area contributed by atoms with Crippen molar-refractivity contribution in [1.82, 2.24) is 9.97 Å². The number of hydrogen-bond acceptors (Lipinski definition) is 5. The number of aliphatic hydroxyl groups excluding tert-OH is 1. The highest BCUT2D eigenvalue weighted by Gasteiger charge is 1.98. The highest BCUT2D eigenvalue weighted by atomic mass is 32.1. The number of thiazole rings is 1. The SMILES string of the molecule is OCc1ncsc1C=CS.c1ccncc1. The smallest absolute Gasteiger partial charge is 0.0867 e. The van der Waals surface area contributed by atoms with Gasteiger partial charge in [0, 0.05) is 12.4 Å². The Bertz CT molecular complexity index is 388. The van der Waals surface area contributed by atoms with Gasteiger partial charge in [0.15, 0.2) is 0 Å². The second kappa shape index (κ2) is 8.04. The molecule has 2 heterocycles. The molecule has 3 nitrogen and oxygen atoms in total. The Morgan fingerprint density at radius 1 is 1.31 bits per heavy atom. The lowest BCUT2D eigenvalue weighted by Crippen LogP contribution is -1.83. The summed E-state index contributed by atoms with van der Waals surface area (Å²) in [5.74, 6) is 0. The number of nitrogens with zero attached hydrogens (tertiary/aromatic N) is 2. The Kier molecular flexibility index (Phi) is 6.48. The monoisotopic (exact) mass is 252 g/mol. The molecule has 0 spiro atoms. The highest BCUT2D eigenvalue weighted by Crippen LogP contribution is 2.15. The van der Waals surface area contributed by atoms with Crippen molar-refractivity contribution in [3.05, 3.63) is 52.1 Å². The Hall–Kier alpha value is -1.17. The minimum Gasteiger partial charge on any atom is -0.390 e. The van der Waals surface area contributed by atoms with Crippen LogP contribution in [0.4, 0.5) is 0 Å². The van der Waals surface area contributed by atoms with Crippen LogP contribution in [-0.2, 0) is 6.61 Å². The maximum atomic E-state index is 8.72. The minimum absolute atomic E-state index is 0.00302. The third-order valence-corrected chi connectivity index (χ3v) is 2.60. The number of aromatic nitrogens is 2. The van der Waals surface area contributed by atoms with E-state index in [0.717, 1.165) is 10.6 Å². The molecule has 5 heteroatoms. The average molecular weight is 252 g/mol. The van der Waals surface area contributed by atoms with Gasteiger partial charge in [0.2, 0.25) is 0 Å². The lowest BCUT2D eigenvalue weighted by atomic mass is 10.4. The number of aliphatic hydroxyl groups is 1. The molecule has 0 aliphatic rings. The predicted molar refractivity (Wildman–Crippen MR) is 70.3 cm³/mol. The summed E-state index contributed by atoms with van der Waals surface area (Å²) in [4.78, 5) is 8.69. The van der Waals surface area contributed by atoms with E-state index in [4.69, 9.17) is 5.11 Å². The van der Waals surface area contributed by atoms with E-state index in [1.54, 1.807) is 23.3 Å². The molecular formula is C11H12N2OS2. The lowest BCUT2D eigenvalue weighted by Gasteiger charge is -1.88. The number of hydrogen-bond donors (Lipinski definition) is 2. The van der Waals surface area contributed by atoms with Crippen molar-refractivity contribution in [2.75, 3.05) is 0 Å². The van der Waals surface area contributed by atoms with Crippen LogP contribution in [0.2, 0.25) is 0 Å². The molecule has 2 aromatic rings. The number of thiol groups is 1. The minimum atomic E-state index is -0.00302. The van der Waals surface area contributed by atoms with Crippen molar-refractivity contribution in [1.29, 1.82) is 0 Å². The van der Waals surface area contributed by atoms with E-state index in [9.17, 15) is 0 Å². The summed E-state index contributed by atoms with van der Waals surface area (Å²) >= 11 is 5.40. The average Bonchev–Trinajstić information content (AvgIpc) is 2.80. The molecule has 0 aliphatic heterocycles. The topological polar surface area (TPSA) is 46.0 Å². The van der Waals surface area contributed by atoms with Crippen LogP contribution < -0.4 is 0 Å². The van der Waals surface area contributed by atoms with E-state index in [1.165, 1.54) is 11.3 Å². The van der Waals surface area contributed by atoms with Crippen molar-refractivity contribution >= 4 is 30.0 Å². The zero-order valence-corrected chi connectivity index (χ0v) is 10.2. The molecule has 84 valence electrons. The Balaban J connectivity index is 0.000000181. The summed E-state index contributed by atoms with van der Waals surface area (Å²) in [5, 5.41) is 10.4. The fraction of sp³-hybridized carbons (Fsp3) is 0.0909. The molecule has 0 radical (unpaired) electrons. The molecule has 0 fully saturated rings. The zero-order valence-electron chi connectivity index (χ0n) is 8.52. The highest BCUT2D eigenvalue weighted by molar-refractivity contribution is 7.83. The van der Waals surface area contributed by atoms with E-state index >= 15 is 0 Å². The van der Waals surface area contributed by atoms with Gasteiger partial charge in [0.25, 0.3) is 0 Å². The molecule has 1 N–H and O–H groups in total. The third kappa shape index (κ3) is 4.57. The first-order valence-corrected chi connectivity index (χ1v) is 5.97. The fourth-order valence-corrected chi connectivity index (χ4v) is 1.86. The van der Waals surface area contributed by atoms with Crippen LogP contribution in [-0.4, -0.2) is 15.1 Å². The fourth-order valence-electron chi connectivity index (χ4n) is 0.913. The first-order chi connectivity index (χ1) is 7.88. The Labute approximate surface area is 104 Å². The Morgan fingerprint density at radius 2 is 2.06 bits per heavy atom. The van der Waals surface area contributed by atoms with Crippen LogP contribution in [0.15, 0.2) is 41.5 Å². The predicted octanol–water partition coefficient (Wildman–Crippen LogP) is 2.62. The van der Waals surface area contributed by atoms with Crippen molar-refractivity contribution in [2.24, 2.45) is 0 Å². The molecule has 0 saturated heterocycles. The summed E-state index contributed by atoms with van der Waals surface area (Å²) in [6.07, 6.45) is 5.31. The summed E-state index contributed by atoms with van der Waals surface area (Å²) in [6.45, 7) is -0.00302. The van der Waals surface area contributed by atoms with Gasteiger partial charge in [-0.15, -0.1) is 11.3 Å². The van der Waals surface area contributed by atoms with Crippen LogP contribution in [0.5, 0.6) is 0 Å². The van der Waals surface area contributed by atoms with Crippen molar-refractivity contribution in [3.63, 3.8) is 0 Å². The molecule has 16 heavy (non-hydrogen) atoms. The van der Waals surface area contributed by atoms with Crippen LogP contribution in [0.1, 0.15) is 10.6 Å². The van der Waals surface area contributed by atoms with Crippen LogP contribution in [0.3, 0.4) is 0 Å². The Morgan fingerprint density at radius 3 is 2.50 bits per heavy atom. The lowest BCUT2D eigenvalue weighted by molar-refractivity contribution is 0.277. The quantitative estimate of drug-likeness (QED) is 0.808. The molecule has 2 aromatic heterocycles. The molecule has 0 unspecified atom stereocenters. The van der Waals surface area contributed by atoms with Crippen molar-refractivity contribution in [2.45, 2.75) is 6.61 Å². The van der Waals surface area contributed by atoms with E-state index in [1.807, 2.05) is 24.3 Å². The molecule has 0 aromatic carbocycles. The van der Waals surface area contributed by atoms with Gasteiger partial charge in [-0.25, -0.2) is 4.98 Å². The largest absolute Gasteiger partial charge is 0.390 e. The number of pyridine rings is 1. The summed E-state index contributed by atoms with van der Waals surface area (Å²) in [6, 6.07) is 5.72. The first kappa shape index (κ1) is 12.9. The van der Waals surface area contributed by atoms with Gasteiger partial charge in [-0.1, -0.05) is 6.07 Å². The van der Waals surface area contributed by atoms with E-state index in [-0.39, 0.29) is 6.61 Å². The molecule has 0 saturated carbocycles. The first-order valence-electron chi connectivity index (χ1n) is 4.57. The zero-order chi connectivity index (χ0) is 11.6. The normalized spacial score (nSPS) is 9.88. The van der Waals surface area contributed by atoms with Crippen molar-refractivity contribution < 1.29 is 5.11 Å². The van der Waals surface area contributed by atoms with Crippen molar-refractivity contribution in [3.8, 4) is 0 Å². The summed E-state index contributed by atoms with van der Waals surface area (Å²) < 4.78 is 0. The van der Waals surface area contributed by atoms with Crippen LogP contribution >= 0.6 is 24.0 Å². The molecule has 0 amide bonds. The second-order valence-corrected chi connectivity index (χ2v) is 3.85. The van der Waals surface area contributed by atoms with Gasteiger partial charge in [-0.3, -0.25) is 4.98 Å². The van der Waals surface area contributed by atoms with Gasteiger partial charge in [-0.05, 0) is 23.6 Å². The maximum absolute atomic E-state index is 8.72. The number of rotatable bonds is 2. The molecular weight excluding hydrogens is 240 g/mol. The third-order valence-electron chi connectivity index (χ3n) is 1.61. The van der Waals surface area contributed by atoms with Crippen LogP contribution in [0.25, 0.3) is 6.08 Å². The van der Waals surface area contributed by atoms with Gasteiger partial charge in [-0.2, -0.15) is 12.6 Å². The molecule has 0 atom stereocenters. The van der Waals surface area contributed by atoms with Gasteiger partial charge in [0.1, 0.15) is 0 Å². The standard InChI is InChI=1S/C6H7NOS2.C5H5N/c8-3-5-6(1-2-9)10-4-7-5;1-2-4-6-5-3-1/h1-2,4,8-9H,3H2;1-5H. The summed E-state index contributed by atoms with van der Waals surface area (Å²) in [5.41, 5.74) is 2.42. The van der Waals surface area contributed by atoms with E-state index in [2.05, 4.69) is 22.6 Å². The van der Waals surface area contributed by atoms with E-state index in [0.29, 0.717) is 0 Å². The maximum Gasteiger partial charge on any atom is 0.0867 e. The molecule has 0 bridgehead atoms. The van der Waals surface area contributed by atoms with Crippen LogP contribution in [0, 0.1) is 0 Å². The molecule has 0 aliphatic carbocycles. The van der Waals surface area contributed by atoms with Gasteiger partial charge >= 0.3 is 0 Å². The second-order valence-electron chi connectivity index (χ2n) is 2.66.